The lowest BCUT2D eigenvalue weighted by Gasteiger charge is -2.25. The van der Waals surface area contributed by atoms with E-state index in [1.165, 1.54) is 0 Å². The third kappa shape index (κ3) is 4.39. The molecule has 166 valence electrons. The fourth-order valence-corrected chi connectivity index (χ4v) is 4.45. The highest BCUT2D eigenvalue weighted by Crippen LogP contribution is 2.27. The van der Waals surface area contributed by atoms with Crippen LogP contribution in [0.5, 0.6) is 0 Å². The van der Waals surface area contributed by atoms with Gasteiger partial charge in [-0.25, -0.2) is 4.98 Å². The second-order valence-corrected chi connectivity index (χ2v) is 8.62. The lowest BCUT2D eigenvalue weighted by atomic mass is 9.97. The maximum Gasteiger partial charge on any atom is 0.200 e. The second kappa shape index (κ2) is 9.39. The fraction of sp³-hybridized carbons (Fsp3) is 0.192. The third-order valence-electron chi connectivity index (χ3n) is 5.62. The Morgan fingerprint density at radius 2 is 1.73 bits per heavy atom. The number of fused-ring (bicyclic) bond motifs is 1. The number of ketones is 1. The molecule has 0 amide bonds. The highest BCUT2D eigenvalue weighted by atomic mass is 79.9. The van der Waals surface area contributed by atoms with Gasteiger partial charge >= 0.3 is 0 Å². The lowest BCUT2D eigenvalue weighted by molar-refractivity contribution is -0.183. The van der Waals surface area contributed by atoms with E-state index in [9.17, 15) is 9.59 Å². The van der Waals surface area contributed by atoms with Crippen LogP contribution in [0.3, 0.4) is 0 Å². The Kier molecular flexibility index (Phi) is 6.17. The standard InChI is InChI=1S/C26H21BrN2O4/c27-23-12-5-7-17(28-23)15-29-16-21(25(31)20-10-3-4-11-22(20)29)24(30)18-8-1-2-9-19(18)26-32-13-6-14-33-26/h1-5,7-12,16,26H,6,13-15H2. The Balaban J connectivity index is 1.62. The molecule has 0 N–H and O–H groups in total. The minimum absolute atomic E-state index is 0.104. The summed E-state index contributed by atoms with van der Waals surface area (Å²) in [4.78, 5) is 31.6. The fourth-order valence-electron chi connectivity index (χ4n) is 4.07. The van der Waals surface area contributed by atoms with Crippen molar-refractivity contribution in [1.29, 1.82) is 0 Å². The molecule has 6 nitrogen and oxygen atoms in total. The van der Waals surface area contributed by atoms with E-state index < -0.39 is 6.29 Å². The Labute approximate surface area is 198 Å². The van der Waals surface area contributed by atoms with Crippen LogP contribution in [0.4, 0.5) is 0 Å². The molecule has 4 aromatic rings. The molecular formula is C26H21BrN2O4. The number of aromatic nitrogens is 2. The van der Waals surface area contributed by atoms with Gasteiger partial charge in [0.2, 0.25) is 5.43 Å². The molecule has 1 saturated heterocycles. The van der Waals surface area contributed by atoms with Gasteiger partial charge in [-0.05, 0) is 46.6 Å². The molecule has 33 heavy (non-hydrogen) atoms. The summed E-state index contributed by atoms with van der Waals surface area (Å²) in [5.41, 5.74) is 2.40. The topological polar surface area (TPSA) is 70.4 Å². The molecule has 1 aliphatic heterocycles. The van der Waals surface area contributed by atoms with Gasteiger partial charge in [0, 0.05) is 22.7 Å². The van der Waals surface area contributed by atoms with E-state index in [4.69, 9.17) is 9.47 Å². The smallest absolute Gasteiger partial charge is 0.200 e. The highest BCUT2D eigenvalue weighted by Gasteiger charge is 2.25. The van der Waals surface area contributed by atoms with Crippen LogP contribution in [0.1, 0.15) is 39.9 Å². The van der Waals surface area contributed by atoms with E-state index in [2.05, 4.69) is 20.9 Å². The van der Waals surface area contributed by atoms with Crippen molar-refractivity contribution in [3.63, 3.8) is 0 Å². The summed E-state index contributed by atoms with van der Waals surface area (Å²) in [5.74, 6) is -0.352. The van der Waals surface area contributed by atoms with E-state index in [1.54, 1.807) is 30.5 Å². The number of hydrogen-bond donors (Lipinski definition) is 0. The number of rotatable bonds is 5. The summed E-state index contributed by atoms with van der Waals surface area (Å²) in [7, 11) is 0. The zero-order valence-corrected chi connectivity index (χ0v) is 19.3. The summed E-state index contributed by atoms with van der Waals surface area (Å²) >= 11 is 3.40. The molecular weight excluding hydrogens is 484 g/mol. The summed E-state index contributed by atoms with van der Waals surface area (Å²) in [5, 5.41) is 0.487. The lowest BCUT2D eigenvalue weighted by Crippen LogP contribution is -2.23. The Bertz CT molecular complexity index is 1390. The maximum absolute atomic E-state index is 13.7. The summed E-state index contributed by atoms with van der Waals surface area (Å²) in [6, 6.07) is 20.1. The summed E-state index contributed by atoms with van der Waals surface area (Å²) in [6.07, 6.45) is 1.83. The maximum atomic E-state index is 13.7. The van der Waals surface area contributed by atoms with Crippen molar-refractivity contribution in [2.75, 3.05) is 13.2 Å². The van der Waals surface area contributed by atoms with Crippen LogP contribution >= 0.6 is 15.9 Å². The first-order valence-corrected chi connectivity index (χ1v) is 11.5. The molecule has 1 fully saturated rings. The van der Waals surface area contributed by atoms with Crippen molar-refractivity contribution in [3.05, 3.63) is 110 Å². The molecule has 0 unspecified atom stereocenters. The molecule has 7 heteroatoms. The number of nitrogens with zero attached hydrogens (tertiary/aromatic N) is 2. The average molecular weight is 505 g/mol. The molecule has 5 rings (SSSR count). The zero-order valence-electron chi connectivity index (χ0n) is 17.7. The number of halogens is 1. The van der Waals surface area contributed by atoms with Crippen molar-refractivity contribution < 1.29 is 14.3 Å². The van der Waals surface area contributed by atoms with Crippen LogP contribution in [0.15, 0.2) is 82.3 Å². The normalized spacial score (nSPS) is 14.5. The van der Waals surface area contributed by atoms with Crippen molar-refractivity contribution in [2.24, 2.45) is 0 Å². The number of hydrogen-bond acceptors (Lipinski definition) is 5. The minimum Gasteiger partial charge on any atom is -0.348 e. The van der Waals surface area contributed by atoms with E-state index in [0.29, 0.717) is 36.3 Å². The van der Waals surface area contributed by atoms with Crippen LogP contribution in [0.25, 0.3) is 10.9 Å². The number of benzene rings is 2. The van der Waals surface area contributed by atoms with Crippen LogP contribution < -0.4 is 5.43 Å². The predicted molar refractivity (Wildman–Crippen MR) is 128 cm³/mol. The van der Waals surface area contributed by atoms with Gasteiger partial charge in [0.25, 0.3) is 0 Å². The monoisotopic (exact) mass is 504 g/mol. The number of carbonyl (C=O) groups excluding carboxylic acids is 1. The molecule has 2 aromatic carbocycles. The summed E-state index contributed by atoms with van der Waals surface area (Å²) in [6.45, 7) is 1.54. The number of carbonyl (C=O) groups is 1. The van der Waals surface area contributed by atoms with Gasteiger partial charge < -0.3 is 14.0 Å². The van der Waals surface area contributed by atoms with Crippen LogP contribution in [0.2, 0.25) is 0 Å². The van der Waals surface area contributed by atoms with Gasteiger partial charge in [0.1, 0.15) is 4.60 Å². The van der Waals surface area contributed by atoms with Gasteiger partial charge in [-0.15, -0.1) is 0 Å². The first-order valence-electron chi connectivity index (χ1n) is 10.7. The Morgan fingerprint density at radius 3 is 2.55 bits per heavy atom. The number of ether oxygens (including phenoxy) is 2. The molecule has 0 radical (unpaired) electrons. The quantitative estimate of drug-likeness (QED) is 0.286. The molecule has 2 aromatic heterocycles. The van der Waals surface area contributed by atoms with Gasteiger partial charge in [-0.1, -0.05) is 42.5 Å². The molecule has 0 saturated carbocycles. The van der Waals surface area contributed by atoms with Crippen LogP contribution in [0, 0.1) is 0 Å². The van der Waals surface area contributed by atoms with Gasteiger partial charge in [-0.2, -0.15) is 0 Å². The summed E-state index contributed by atoms with van der Waals surface area (Å²) < 4.78 is 14.1. The van der Waals surface area contributed by atoms with E-state index >= 15 is 0 Å². The van der Waals surface area contributed by atoms with E-state index in [0.717, 1.165) is 22.2 Å². The molecule has 0 aliphatic carbocycles. The molecule has 0 atom stereocenters. The number of pyridine rings is 2. The van der Waals surface area contributed by atoms with Gasteiger partial charge in [0.05, 0.1) is 36.5 Å². The average Bonchev–Trinajstić information content (AvgIpc) is 2.86. The molecule has 0 bridgehead atoms. The van der Waals surface area contributed by atoms with Crippen molar-refractivity contribution >= 4 is 32.6 Å². The highest BCUT2D eigenvalue weighted by molar-refractivity contribution is 9.10. The first kappa shape index (κ1) is 21.7. The largest absolute Gasteiger partial charge is 0.348 e. The molecule has 0 spiro atoms. The first-order chi connectivity index (χ1) is 16.1. The molecule has 3 heterocycles. The van der Waals surface area contributed by atoms with Crippen molar-refractivity contribution in [1.82, 2.24) is 9.55 Å². The molecule has 1 aliphatic rings. The minimum atomic E-state index is -0.618. The van der Waals surface area contributed by atoms with Crippen LogP contribution in [-0.2, 0) is 16.0 Å². The number of para-hydroxylation sites is 1. The van der Waals surface area contributed by atoms with E-state index in [-0.39, 0.29) is 16.8 Å². The predicted octanol–water partition coefficient (Wildman–Crippen LogP) is 4.87. The van der Waals surface area contributed by atoms with E-state index in [1.807, 2.05) is 47.0 Å². The Hall–Kier alpha value is -3.13. The van der Waals surface area contributed by atoms with Crippen molar-refractivity contribution in [3.8, 4) is 0 Å². The van der Waals surface area contributed by atoms with Crippen molar-refractivity contribution in [2.45, 2.75) is 19.3 Å². The zero-order chi connectivity index (χ0) is 22.8. The van der Waals surface area contributed by atoms with Crippen LogP contribution in [-0.4, -0.2) is 28.5 Å². The Morgan fingerprint density at radius 1 is 0.970 bits per heavy atom. The third-order valence-corrected chi connectivity index (χ3v) is 6.07. The second-order valence-electron chi connectivity index (χ2n) is 7.81. The SMILES string of the molecule is O=C(c1ccccc1C1OCCCO1)c1cn(Cc2cccc(Br)n2)c2ccccc2c1=O. The van der Waals surface area contributed by atoms with Gasteiger partial charge in [0.15, 0.2) is 12.1 Å². The van der Waals surface area contributed by atoms with Gasteiger partial charge in [-0.3, -0.25) is 9.59 Å².